The molecule has 1 aliphatic heterocycles. The van der Waals surface area contributed by atoms with Crippen LogP contribution in [0.15, 0.2) is 35.4 Å². The van der Waals surface area contributed by atoms with Crippen molar-refractivity contribution >= 4 is 11.9 Å². The van der Waals surface area contributed by atoms with Gasteiger partial charge in [-0.25, -0.2) is 9.78 Å². The molecule has 1 N–H and O–H groups in total. The molecule has 3 heterocycles. The summed E-state index contributed by atoms with van der Waals surface area (Å²) in [5.74, 6) is -1.40. The summed E-state index contributed by atoms with van der Waals surface area (Å²) in [7, 11) is 3.48. The van der Waals surface area contributed by atoms with Crippen molar-refractivity contribution in [3.63, 3.8) is 0 Å². The Bertz CT molecular complexity index is 836. The van der Waals surface area contributed by atoms with Gasteiger partial charge in [-0.3, -0.25) is 9.69 Å². The summed E-state index contributed by atoms with van der Waals surface area (Å²) in [6, 6.07) is 1.98. The van der Waals surface area contributed by atoms with Gasteiger partial charge in [-0.2, -0.15) is 13.2 Å². The number of hydrogen-bond acceptors (Lipinski definition) is 6. The van der Waals surface area contributed by atoms with Crippen LogP contribution in [0.4, 0.5) is 13.2 Å². The zero-order valence-corrected chi connectivity index (χ0v) is 17.2. The lowest BCUT2D eigenvalue weighted by Gasteiger charge is -2.23. The molecule has 0 spiro atoms. The minimum Gasteiger partial charge on any atom is -0.475 e. The Morgan fingerprint density at radius 2 is 2.06 bits per heavy atom. The van der Waals surface area contributed by atoms with Crippen molar-refractivity contribution in [2.24, 2.45) is 5.92 Å². The lowest BCUT2D eigenvalue weighted by atomic mass is 10.1. The number of carboxylic acids is 1. The Kier molecular flexibility index (Phi) is 8.63. The Hall–Kier alpha value is -2.86. The summed E-state index contributed by atoms with van der Waals surface area (Å²) in [6.07, 6.45) is 2.24. The number of carbonyl (C=O) groups excluding carboxylic acids is 1. The molecule has 2 aromatic rings. The lowest BCUT2D eigenvalue weighted by Crippen LogP contribution is -2.32. The number of alkyl halides is 3. The van der Waals surface area contributed by atoms with Gasteiger partial charge in [-0.1, -0.05) is 0 Å². The second-order valence-corrected chi connectivity index (χ2v) is 7.27. The Morgan fingerprint density at radius 3 is 2.65 bits per heavy atom. The van der Waals surface area contributed by atoms with E-state index >= 15 is 0 Å². The van der Waals surface area contributed by atoms with Gasteiger partial charge in [0.1, 0.15) is 12.4 Å². The first-order chi connectivity index (χ1) is 14.6. The third-order valence-electron chi connectivity index (χ3n) is 4.44. The fraction of sp³-hybridized carbons (Fsp3) is 0.526. The Labute approximate surface area is 177 Å². The van der Waals surface area contributed by atoms with E-state index in [9.17, 15) is 18.0 Å². The van der Waals surface area contributed by atoms with Crippen LogP contribution in [0.1, 0.15) is 11.4 Å². The van der Waals surface area contributed by atoms with E-state index in [4.69, 9.17) is 19.1 Å². The van der Waals surface area contributed by atoms with Crippen molar-refractivity contribution in [1.82, 2.24) is 19.4 Å². The fourth-order valence-corrected chi connectivity index (χ4v) is 2.93. The molecule has 1 unspecified atom stereocenters. The molecule has 31 heavy (non-hydrogen) atoms. The first-order valence-electron chi connectivity index (χ1n) is 9.37. The van der Waals surface area contributed by atoms with E-state index in [0.717, 1.165) is 37.6 Å². The SMILES string of the molecule is CN(C)C(=O)COCC1CN(Cc2ccoc2)Cc2nccn2C1.O=C(O)C(F)(F)F. The van der Waals surface area contributed by atoms with E-state index in [2.05, 4.69) is 14.5 Å². The summed E-state index contributed by atoms with van der Waals surface area (Å²) in [6.45, 7) is 4.04. The number of imidazole rings is 1. The summed E-state index contributed by atoms with van der Waals surface area (Å²) in [5, 5.41) is 7.12. The molecule has 0 fully saturated rings. The van der Waals surface area contributed by atoms with Crippen LogP contribution >= 0.6 is 0 Å². The Balaban J connectivity index is 0.000000423. The van der Waals surface area contributed by atoms with E-state index in [1.54, 1.807) is 31.5 Å². The molecule has 0 aliphatic carbocycles. The molecule has 172 valence electrons. The van der Waals surface area contributed by atoms with Gasteiger partial charge in [0.25, 0.3) is 0 Å². The predicted octanol–water partition coefficient (Wildman–Crippen LogP) is 1.85. The smallest absolute Gasteiger partial charge is 0.475 e. The molecule has 3 rings (SSSR count). The third kappa shape index (κ3) is 8.06. The number of carboxylic acid groups (broad SMARTS) is 1. The van der Waals surface area contributed by atoms with Gasteiger partial charge in [-0.05, 0) is 6.07 Å². The van der Waals surface area contributed by atoms with Crippen LogP contribution in [0.3, 0.4) is 0 Å². The second kappa shape index (κ2) is 11.0. The molecule has 1 amide bonds. The van der Waals surface area contributed by atoms with Crippen LogP contribution < -0.4 is 0 Å². The predicted molar refractivity (Wildman–Crippen MR) is 102 cm³/mol. The fourth-order valence-electron chi connectivity index (χ4n) is 2.93. The monoisotopic (exact) mass is 446 g/mol. The van der Waals surface area contributed by atoms with Crippen molar-refractivity contribution in [2.45, 2.75) is 25.8 Å². The minimum absolute atomic E-state index is 0.0119. The van der Waals surface area contributed by atoms with E-state index < -0.39 is 12.1 Å². The molecule has 0 saturated carbocycles. The summed E-state index contributed by atoms with van der Waals surface area (Å²) in [4.78, 5) is 28.9. The first-order valence-corrected chi connectivity index (χ1v) is 9.37. The molecule has 12 heteroatoms. The zero-order valence-electron chi connectivity index (χ0n) is 17.2. The number of furan rings is 1. The highest BCUT2D eigenvalue weighted by Gasteiger charge is 2.38. The highest BCUT2D eigenvalue weighted by atomic mass is 19.4. The van der Waals surface area contributed by atoms with Gasteiger partial charge in [0.15, 0.2) is 0 Å². The number of ether oxygens (including phenoxy) is 1. The standard InChI is InChI=1S/C17H24N4O3.C2HF3O2/c1-19(2)17(22)13-24-12-15-8-20(7-14-3-6-23-11-14)10-16-18-4-5-21(16)9-15;3-2(4,5)1(6)7/h3-6,11,15H,7-10,12-13H2,1-2H3;(H,6,7). The Morgan fingerprint density at radius 1 is 1.35 bits per heavy atom. The summed E-state index contributed by atoms with van der Waals surface area (Å²) >= 11 is 0. The van der Waals surface area contributed by atoms with Crippen LogP contribution in [0.25, 0.3) is 0 Å². The molecule has 9 nitrogen and oxygen atoms in total. The van der Waals surface area contributed by atoms with Gasteiger partial charge >= 0.3 is 12.1 Å². The molecule has 2 aromatic heterocycles. The average Bonchev–Trinajstić information content (AvgIpc) is 3.30. The van der Waals surface area contributed by atoms with Crippen molar-refractivity contribution in [3.05, 3.63) is 42.4 Å². The number of nitrogens with zero attached hydrogens (tertiary/aromatic N) is 4. The normalized spacial score (nSPS) is 16.6. The average molecular weight is 446 g/mol. The minimum atomic E-state index is -5.08. The van der Waals surface area contributed by atoms with E-state index in [1.165, 1.54) is 0 Å². The number of fused-ring (bicyclic) bond motifs is 1. The third-order valence-corrected chi connectivity index (χ3v) is 4.44. The van der Waals surface area contributed by atoms with Gasteiger partial charge in [0, 0.05) is 57.6 Å². The van der Waals surface area contributed by atoms with Gasteiger partial charge < -0.3 is 23.7 Å². The zero-order chi connectivity index (χ0) is 23.0. The van der Waals surface area contributed by atoms with Crippen LogP contribution in [-0.4, -0.2) is 76.4 Å². The number of likely N-dealkylation sites (N-methyl/N-ethyl adjacent to an activating group) is 1. The number of halogens is 3. The molecule has 0 bridgehead atoms. The summed E-state index contributed by atoms with van der Waals surface area (Å²) in [5.41, 5.74) is 1.15. The highest BCUT2D eigenvalue weighted by Crippen LogP contribution is 2.18. The molecule has 1 aliphatic rings. The summed E-state index contributed by atoms with van der Waals surface area (Å²) < 4.78 is 44.7. The molecular weight excluding hydrogens is 421 g/mol. The number of rotatable bonds is 6. The van der Waals surface area contributed by atoms with Crippen molar-refractivity contribution in [1.29, 1.82) is 0 Å². The lowest BCUT2D eigenvalue weighted by molar-refractivity contribution is -0.192. The quantitative estimate of drug-likeness (QED) is 0.723. The maximum atomic E-state index is 11.7. The van der Waals surface area contributed by atoms with Gasteiger partial charge in [0.05, 0.1) is 25.7 Å². The van der Waals surface area contributed by atoms with Crippen LogP contribution in [-0.2, 0) is 34.0 Å². The maximum absolute atomic E-state index is 11.7. The largest absolute Gasteiger partial charge is 0.490 e. The molecule has 1 atom stereocenters. The molecule has 0 radical (unpaired) electrons. The van der Waals surface area contributed by atoms with Gasteiger partial charge in [0.2, 0.25) is 5.91 Å². The molecule has 0 aromatic carbocycles. The van der Waals surface area contributed by atoms with Crippen molar-refractivity contribution in [2.75, 3.05) is 33.9 Å². The number of carbonyl (C=O) groups is 2. The number of hydrogen-bond donors (Lipinski definition) is 1. The van der Waals surface area contributed by atoms with Crippen molar-refractivity contribution < 1.29 is 37.0 Å². The highest BCUT2D eigenvalue weighted by molar-refractivity contribution is 5.76. The number of aliphatic carboxylic acids is 1. The number of aromatic nitrogens is 2. The maximum Gasteiger partial charge on any atom is 0.490 e. The topological polar surface area (TPSA) is 101 Å². The van der Waals surface area contributed by atoms with Crippen LogP contribution in [0, 0.1) is 5.92 Å². The van der Waals surface area contributed by atoms with Gasteiger partial charge in [-0.15, -0.1) is 0 Å². The van der Waals surface area contributed by atoms with E-state index in [1.807, 2.05) is 18.5 Å². The van der Waals surface area contributed by atoms with E-state index in [0.29, 0.717) is 12.5 Å². The van der Waals surface area contributed by atoms with Crippen molar-refractivity contribution in [3.8, 4) is 0 Å². The second-order valence-electron chi connectivity index (χ2n) is 7.27. The molecular formula is C19H25F3N4O5. The number of amides is 1. The van der Waals surface area contributed by atoms with E-state index in [-0.39, 0.29) is 12.5 Å². The molecule has 0 saturated heterocycles. The van der Waals surface area contributed by atoms with Crippen LogP contribution in [0.5, 0.6) is 0 Å². The van der Waals surface area contributed by atoms with Crippen LogP contribution in [0.2, 0.25) is 0 Å². The first kappa shape index (κ1) is 24.4.